The number of hydrogen-bond donors (Lipinski definition) is 0. The Hall–Kier alpha value is -2.63. The molecule has 1 aliphatic heterocycles. The van der Waals surface area contributed by atoms with Crippen LogP contribution in [0.5, 0.6) is 0 Å². The molecule has 0 spiro atoms. The van der Waals surface area contributed by atoms with Crippen LogP contribution in [0.25, 0.3) is 6.08 Å². The summed E-state index contributed by atoms with van der Waals surface area (Å²) < 4.78 is 0. The van der Waals surface area contributed by atoms with Crippen molar-refractivity contribution in [3.05, 3.63) is 93.5 Å². The normalized spacial score (nSPS) is 17.4. The van der Waals surface area contributed by atoms with Crippen molar-refractivity contribution < 1.29 is 4.79 Å². The third-order valence-electron chi connectivity index (χ3n) is 3.87. The molecule has 0 saturated carbocycles. The molecule has 3 nitrogen and oxygen atoms in total. The summed E-state index contributed by atoms with van der Waals surface area (Å²) in [4.78, 5) is 21.2. The van der Waals surface area contributed by atoms with E-state index in [1.165, 1.54) is 11.8 Å². The lowest BCUT2D eigenvalue weighted by atomic mass is 10.2. The van der Waals surface area contributed by atoms with Crippen molar-refractivity contribution in [2.45, 2.75) is 6.54 Å². The summed E-state index contributed by atoms with van der Waals surface area (Å²) in [7, 11) is 0. The van der Waals surface area contributed by atoms with Crippen LogP contribution in [0.1, 0.15) is 10.4 Å². The first-order valence-corrected chi connectivity index (χ1v) is 9.92. The number of para-hydroxylation sites is 1. The smallest absolute Gasteiger partial charge is 0.267 e. The minimum Gasteiger partial charge on any atom is -0.282 e. The molecular formula is C21H16N2OS2. The van der Waals surface area contributed by atoms with Gasteiger partial charge in [0.05, 0.1) is 17.1 Å². The van der Waals surface area contributed by atoms with E-state index in [1.54, 1.807) is 16.2 Å². The lowest BCUT2D eigenvalue weighted by Gasteiger charge is -2.15. The number of amides is 1. The highest BCUT2D eigenvalue weighted by Gasteiger charge is 2.33. The van der Waals surface area contributed by atoms with Crippen LogP contribution in [-0.4, -0.2) is 16.0 Å². The fourth-order valence-electron chi connectivity index (χ4n) is 2.61. The van der Waals surface area contributed by atoms with Gasteiger partial charge in [-0.1, -0.05) is 54.6 Å². The predicted octanol–water partition coefficient (Wildman–Crippen LogP) is 5.55. The van der Waals surface area contributed by atoms with E-state index < -0.39 is 0 Å². The van der Waals surface area contributed by atoms with Crippen molar-refractivity contribution in [2.24, 2.45) is 4.99 Å². The number of benzene rings is 2. The van der Waals surface area contributed by atoms with E-state index in [0.717, 1.165) is 16.1 Å². The topological polar surface area (TPSA) is 32.7 Å². The van der Waals surface area contributed by atoms with Gasteiger partial charge in [0, 0.05) is 4.88 Å². The number of amidine groups is 1. The van der Waals surface area contributed by atoms with Crippen LogP contribution in [0.2, 0.25) is 0 Å². The van der Waals surface area contributed by atoms with Crippen LogP contribution in [-0.2, 0) is 11.3 Å². The number of rotatable bonds is 4. The molecule has 0 bridgehead atoms. The summed E-state index contributed by atoms with van der Waals surface area (Å²) in [5.41, 5.74) is 1.93. The van der Waals surface area contributed by atoms with Crippen molar-refractivity contribution in [1.29, 1.82) is 0 Å². The Morgan fingerprint density at radius 2 is 1.65 bits per heavy atom. The van der Waals surface area contributed by atoms with Gasteiger partial charge in [0.1, 0.15) is 0 Å². The number of hydrogen-bond acceptors (Lipinski definition) is 4. The molecule has 0 radical (unpaired) electrons. The van der Waals surface area contributed by atoms with Crippen molar-refractivity contribution in [1.82, 2.24) is 4.90 Å². The second kappa shape index (κ2) is 7.72. The van der Waals surface area contributed by atoms with Gasteiger partial charge in [-0.25, -0.2) is 4.99 Å². The zero-order valence-electron chi connectivity index (χ0n) is 13.9. The first-order chi connectivity index (χ1) is 12.8. The van der Waals surface area contributed by atoms with Gasteiger partial charge in [0.15, 0.2) is 5.17 Å². The molecule has 1 aromatic heterocycles. The predicted molar refractivity (Wildman–Crippen MR) is 110 cm³/mol. The molecule has 26 heavy (non-hydrogen) atoms. The standard InChI is InChI=1S/C21H16N2OS2/c24-20-19(14-18-12-7-13-25-18)26-21(22-17-10-5-2-6-11-17)23(20)15-16-8-3-1-4-9-16/h1-14H,15H2/b19-14+,22-21?. The fourth-order valence-corrected chi connectivity index (χ4v) is 4.33. The molecule has 2 aromatic carbocycles. The van der Waals surface area contributed by atoms with Crippen molar-refractivity contribution in [3.63, 3.8) is 0 Å². The number of nitrogens with zero attached hydrogens (tertiary/aromatic N) is 2. The van der Waals surface area contributed by atoms with E-state index >= 15 is 0 Å². The van der Waals surface area contributed by atoms with Crippen LogP contribution in [0.4, 0.5) is 5.69 Å². The number of carbonyl (C=O) groups excluding carboxylic acids is 1. The molecule has 128 valence electrons. The zero-order valence-corrected chi connectivity index (χ0v) is 15.5. The van der Waals surface area contributed by atoms with E-state index in [4.69, 9.17) is 4.99 Å². The molecular weight excluding hydrogens is 360 g/mol. The van der Waals surface area contributed by atoms with Gasteiger partial charge in [-0.3, -0.25) is 9.69 Å². The van der Waals surface area contributed by atoms with Gasteiger partial charge in [-0.2, -0.15) is 0 Å². The molecule has 2 heterocycles. The fraction of sp³-hybridized carbons (Fsp3) is 0.0476. The highest BCUT2D eigenvalue weighted by atomic mass is 32.2. The Labute approximate surface area is 160 Å². The van der Waals surface area contributed by atoms with Gasteiger partial charge < -0.3 is 0 Å². The monoisotopic (exact) mass is 376 g/mol. The van der Waals surface area contributed by atoms with Crippen molar-refractivity contribution in [3.8, 4) is 0 Å². The molecule has 1 saturated heterocycles. The quantitative estimate of drug-likeness (QED) is 0.559. The maximum atomic E-state index is 13.0. The summed E-state index contributed by atoms with van der Waals surface area (Å²) in [6, 6.07) is 23.7. The summed E-state index contributed by atoms with van der Waals surface area (Å²) in [6.07, 6.45) is 1.95. The molecule has 1 amide bonds. The lowest BCUT2D eigenvalue weighted by molar-refractivity contribution is -0.122. The summed E-state index contributed by atoms with van der Waals surface area (Å²) in [6.45, 7) is 0.514. The lowest BCUT2D eigenvalue weighted by Crippen LogP contribution is -2.28. The molecule has 0 atom stereocenters. The summed E-state index contributed by atoms with van der Waals surface area (Å²) in [5, 5.41) is 2.73. The minimum atomic E-state index is 0.00179. The molecule has 0 aliphatic carbocycles. The average molecular weight is 377 g/mol. The number of aliphatic imine (C=N–C) groups is 1. The van der Waals surface area contributed by atoms with Crippen LogP contribution in [0.3, 0.4) is 0 Å². The highest BCUT2D eigenvalue weighted by Crippen LogP contribution is 2.35. The van der Waals surface area contributed by atoms with Crippen LogP contribution >= 0.6 is 23.1 Å². The van der Waals surface area contributed by atoms with Gasteiger partial charge in [-0.15, -0.1) is 11.3 Å². The molecule has 1 aliphatic rings. The van der Waals surface area contributed by atoms with E-state index in [0.29, 0.717) is 16.6 Å². The van der Waals surface area contributed by atoms with Gasteiger partial charge >= 0.3 is 0 Å². The molecule has 1 fully saturated rings. The van der Waals surface area contributed by atoms with Crippen molar-refractivity contribution >= 4 is 45.9 Å². The van der Waals surface area contributed by atoms with E-state index in [9.17, 15) is 4.79 Å². The molecule has 3 aromatic rings. The van der Waals surface area contributed by atoms with Crippen LogP contribution < -0.4 is 0 Å². The Morgan fingerprint density at radius 3 is 2.35 bits per heavy atom. The van der Waals surface area contributed by atoms with Crippen molar-refractivity contribution in [2.75, 3.05) is 0 Å². The minimum absolute atomic E-state index is 0.00179. The van der Waals surface area contributed by atoms with Gasteiger partial charge in [0.25, 0.3) is 5.91 Å². The highest BCUT2D eigenvalue weighted by molar-refractivity contribution is 8.18. The van der Waals surface area contributed by atoms with Crippen LogP contribution in [0, 0.1) is 0 Å². The van der Waals surface area contributed by atoms with Gasteiger partial charge in [-0.05, 0) is 47.0 Å². The first-order valence-electron chi connectivity index (χ1n) is 8.22. The zero-order chi connectivity index (χ0) is 17.8. The Morgan fingerprint density at radius 1 is 0.923 bits per heavy atom. The van der Waals surface area contributed by atoms with E-state index in [-0.39, 0.29) is 5.91 Å². The number of carbonyl (C=O) groups is 1. The third kappa shape index (κ3) is 3.79. The summed E-state index contributed by atoms with van der Waals surface area (Å²) >= 11 is 3.06. The molecule has 0 N–H and O–H groups in total. The molecule has 4 rings (SSSR count). The second-order valence-electron chi connectivity index (χ2n) is 5.73. The third-order valence-corrected chi connectivity index (χ3v) is 5.70. The maximum absolute atomic E-state index is 13.0. The molecule has 0 unspecified atom stereocenters. The first kappa shape index (κ1) is 16.8. The Kier molecular flexibility index (Phi) is 5.00. The number of thiophene rings is 1. The van der Waals surface area contributed by atoms with E-state index in [1.807, 2.05) is 84.3 Å². The Balaban J connectivity index is 1.69. The summed E-state index contributed by atoms with van der Waals surface area (Å²) in [5.74, 6) is 0.00179. The SMILES string of the molecule is O=C1/C(=C\c2cccs2)SC(=Nc2ccccc2)N1Cc1ccccc1. The second-order valence-corrected chi connectivity index (χ2v) is 7.72. The Bertz CT molecular complexity index is 948. The van der Waals surface area contributed by atoms with Crippen LogP contribution in [0.15, 0.2) is 88.1 Å². The molecule has 5 heteroatoms. The van der Waals surface area contributed by atoms with Gasteiger partial charge in [0.2, 0.25) is 0 Å². The largest absolute Gasteiger partial charge is 0.282 e. The average Bonchev–Trinajstić information content (AvgIpc) is 3.28. The maximum Gasteiger partial charge on any atom is 0.267 e. The van der Waals surface area contributed by atoms with E-state index in [2.05, 4.69) is 0 Å². The number of thioether (sulfide) groups is 1.